The number of aromatic carboxylic acids is 1. The summed E-state index contributed by atoms with van der Waals surface area (Å²) in [5.41, 5.74) is 11.7. The highest BCUT2D eigenvalue weighted by atomic mass is 16.4. The fraction of sp³-hybridized carbons (Fsp3) is 0.0909. The average Bonchev–Trinajstić information content (AvgIpc) is 2.19. The van der Waals surface area contributed by atoms with E-state index in [9.17, 15) is 9.59 Å². The molecule has 0 aromatic heterocycles. The van der Waals surface area contributed by atoms with Gasteiger partial charge in [-0.1, -0.05) is 18.2 Å². The van der Waals surface area contributed by atoms with Crippen molar-refractivity contribution in [1.82, 2.24) is 0 Å². The van der Waals surface area contributed by atoms with Gasteiger partial charge in [0.1, 0.15) is 0 Å². The van der Waals surface area contributed by atoms with Gasteiger partial charge in [0.15, 0.2) is 0 Å². The lowest BCUT2D eigenvalue weighted by Crippen LogP contribution is -2.07. The number of carbonyl (C=O) groups is 2. The lowest BCUT2D eigenvalue weighted by molar-refractivity contribution is -0.117. The Hall–Kier alpha value is -2.30. The van der Waals surface area contributed by atoms with Crippen molar-refractivity contribution in [3.63, 3.8) is 0 Å². The normalized spacial score (nSPS) is 10.5. The third-order valence-electron chi connectivity index (χ3n) is 1.95. The molecule has 5 N–H and O–H groups in total. The zero-order valence-electron chi connectivity index (χ0n) is 8.51. The predicted molar refractivity (Wildman–Crippen MR) is 60.7 cm³/mol. The molecule has 0 saturated carbocycles. The summed E-state index contributed by atoms with van der Waals surface area (Å²) in [6.45, 7) is 0. The largest absolute Gasteiger partial charge is 0.478 e. The zero-order chi connectivity index (χ0) is 12.1. The SMILES string of the molecule is NC(=O)CC=Cc1ccc(C(=O)O)cc1N. The van der Waals surface area contributed by atoms with E-state index >= 15 is 0 Å². The highest BCUT2D eigenvalue weighted by Gasteiger charge is 2.04. The lowest BCUT2D eigenvalue weighted by Gasteiger charge is -2.01. The fourth-order valence-corrected chi connectivity index (χ4v) is 1.16. The van der Waals surface area contributed by atoms with Gasteiger partial charge in [-0.15, -0.1) is 0 Å². The summed E-state index contributed by atoms with van der Waals surface area (Å²) in [5.74, 6) is -1.46. The van der Waals surface area contributed by atoms with Gasteiger partial charge in [-0.3, -0.25) is 4.79 Å². The molecule has 5 heteroatoms. The summed E-state index contributed by atoms with van der Waals surface area (Å²) >= 11 is 0. The van der Waals surface area contributed by atoms with Crippen LogP contribution in [0, 0.1) is 0 Å². The van der Waals surface area contributed by atoms with Gasteiger partial charge in [-0.05, 0) is 17.7 Å². The van der Waals surface area contributed by atoms with E-state index < -0.39 is 11.9 Å². The Balaban J connectivity index is 2.87. The molecule has 1 rings (SSSR count). The maximum absolute atomic E-state index is 10.6. The van der Waals surface area contributed by atoms with Crippen molar-refractivity contribution in [2.24, 2.45) is 5.73 Å². The van der Waals surface area contributed by atoms with Gasteiger partial charge < -0.3 is 16.6 Å². The highest BCUT2D eigenvalue weighted by Crippen LogP contribution is 2.16. The van der Waals surface area contributed by atoms with Crippen LogP contribution in [0.5, 0.6) is 0 Å². The van der Waals surface area contributed by atoms with E-state index in [1.807, 2.05) is 0 Å². The number of hydrogen-bond acceptors (Lipinski definition) is 3. The molecule has 16 heavy (non-hydrogen) atoms. The van der Waals surface area contributed by atoms with Crippen molar-refractivity contribution in [2.45, 2.75) is 6.42 Å². The molecule has 5 nitrogen and oxygen atoms in total. The molecule has 0 spiro atoms. The number of nitrogen functional groups attached to an aromatic ring is 1. The fourth-order valence-electron chi connectivity index (χ4n) is 1.16. The number of carboxylic acids is 1. The number of nitrogens with two attached hydrogens (primary N) is 2. The molecular formula is C11H12N2O3. The van der Waals surface area contributed by atoms with Crippen molar-refractivity contribution in [3.05, 3.63) is 35.4 Å². The van der Waals surface area contributed by atoms with Crippen LogP contribution in [0.3, 0.4) is 0 Å². The molecule has 0 heterocycles. The monoisotopic (exact) mass is 220 g/mol. The molecule has 0 bridgehead atoms. The molecule has 84 valence electrons. The standard InChI is InChI=1S/C11H12N2O3/c12-9-6-8(11(15)16)5-4-7(9)2-1-3-10(13)14/h1-2,4-6H,3,12H2,(H2,13,14)(H,15,16). The summed E-state index contributed by atoms with van der Waals surface area (Å²) < 4.78 is 0. The molecule has 1 aromatic rings. The Morgan fingerprint density at radius 1 is 1.38 bits per heavy atom. The van der Waals surface area contributed by atoms with Gasteiger partial charge in [0.05, 0.1) is 5.56 Å². The first-order chi connectivity index (χ1) is 7.50. The van der Waals surface area contributed by atoms with Crippen molar-refractivity contribution in [1.29, 1.82) is 0 Å². The van der Waals surface area contributed by atoms with E-state index in [0.29, 0.717) is 11.3 Å². The van der Waals surface area contributed by atoms with Gasteiger partial charge in [0.25, 0.3) is 0 Å². The third kappa shape index (κ3) is 3.13. The minimum absolute atomic E-state index is 0.125. The quantitative estimate of drug-likeness (QED) is 0.654. The first kappa shape index (κ1) is 11.8. The van der Waals surface area contributed by atoms with Crippen LogP contribution < -0.4 is 11.5 Å². The minimum atomic E-state index is -1.03. The zero-order valence-corrected chi connectivity index (χ0v) is 8.51. The second-order valence-electron chi connectivity index (χ2n) is 3.22. The van der Waals surface area contributed by atoms with E-state index in [0.717, 1.165) is 0 Å². The summed E-state index contributed by atoms with van der Waals surface area (Å²) in [6.07, 6.45) is 3.33. The van der Waals surface area contributed by atoms with Crippen LogP contribution in [-0.4, -0.2) is 17.0 Å². The maximum Gasteiger partial charge on any atom is 0.335 e. The van der Waals surface area contributed by atoms with E-state index in [4.69, 9.17) is 16.6 Å². The summed E-state index contributed by atoms with van der Waals surface area (Å²) in [4.78, 5) is 21.1. The van der Waals surface area contributed by atoms with Gasteiger partial charge in [0.2, 0.25) is 5.91 Å². The van der Waals surface area contributed by atoms with Gasteiger partial charge in [-0.25, -0.2) is 4.79 Å². The Bertz CT molecular complexity index is 453. The van der Waals surface area contributed by atoms with Crippen molar-refractivity contribution in [3.8, 4) is 0 Å². The molecule has 0 radical (unpaired) electrons. The van der Waals surface area contributed by atoms with E-state index in [-0.39, 0.29) is 12.0 Å². The molecule has 0 fully saturated rings. The molecule has 0 aliphatic rings. The van der Waals surface area contributed by atoms with Gasteiger partial charge in [-0.2, -0.15) is 0 Å². The molecule has 0 aliphatic heterocycles. The van der Waals surface area contributed by atoms with Crippen LogP contribution in [0.15, 0.2) is 24.3 Å². The van der Waals surface area contributed by atoms with Gasteiger partial charge in [0, 0.05) is 12.1 Å². The molecule has 0 unspecified atom stereocenters. The highest BCUT2D eigenvalue weighted by molar-refractivity contribution is 5.89. The van der Waals surface area contributed by atoms with E-state index in [2.05, 4.69) is 0 Å². The minimum Gasteiger partial charge on any atom is -0.478 e. The number of rotatable bonds is 4. The Morgan fingerprint density at radius 2 is 2.06 bits per heavy atom. The lowest BCUT2D eigenvalue weighted by atomic mass is 10.1. The van der Waals surface area contributed by atoms with Crippen LogP contribution in [0.25, 0.3) is 6.08 Å². The summed E-state index contributed by atoms with van der Waals surface area (Å²) in [6, 6.07) is 4.39. The Morgan fingerprint density at radius 3 is 2.56 bits per heavy atom. The Labute approximate surface area is 92.4 Å². The number of primary amides is 1. The Kier molecular flexibility index (Phi) is 3.66. The average molecular weight is 220 g/mol. The van der Waals surface area contributed by atoms with Crippen LogP contribution in [0.1, 0.15) is 22.3 Å². The van der Waals surface area contributed by atoms with E-state index in [1.54, 1.807) is 18.2 Å². The molecular weight excluding hydrogens is 208 g/mol. The summed E-state index contributed by atoms with van der Waals surface area (Å²) in [5, 5.41) is 8.71. The predicted octanol–water partition coefficient (Wildman–Crippen LogP) is 0.856. The topological polar surface area (TPSA) is 106 Å². The van der Waals surface area contributed by atoms with Crippen LogP contribution >= 0.6 is 0 Å². The van der Waals surface area contributed by atoms with Crippen LogP contribution in [0.4, 0.5) is 5.69 Å². The second kappa shape index (κ2) is 4.97. The third-order valence-corrected chi connectivity index (χ3v) is 1.95. The number of anilines is 1. The molecule has 0 saturated heterocycles. The van der Waals surface area contributed by atoms with Crippen molar-refractivity contribution < 1.29 is 14.7 Å². The maximum atomic E-state index is 10.6. The second-order valence-corrected chi connectivity index (χ2v) is 3.22. The number of carboxylic acid groups (broad SMARTS) is 1. The first-order valence-electron chi connectivity index (χ1n) is 4.58. The smallest absolute Gasteiger partial charge is 0.335 e. The number of carbonyl (C=O) groups excluding carboxylic acids is 1. The van der Waals surface area contributed by atoms with Crippen LogP contribution in [0.2, 0.25) is 0 Å². The number of amides is 1. The molecule has 1 aromatic carbocycles. The van der Waals surface area contributed by atoms with Crippen molar-refractivity contribution in [2.75, 3.05) is 5.73 Å². The van der Waals surface area contributed by atoms with Crippen molar-refractivity contribution >= 4 is 23.6 Å². The summed E-state index contributed by atoms with van der Waals surface area (Å²) in [7, 11) is 0. The molecule has 0 aliphatic carbocycles. The first-order valence-corrected chi connectivity index (χ1v) is 4.58. The number of hydrogen-bond donors (Lipinski definition) is 3. The molecule has 1 amide bonds. The molecule has 0 atom stereocenters. The number of benzene rings is 1. The van der Waals surface area contributed by atoms with Crippen LogP contribution in [-0.2, 0) is 4.79 Å². The van der Waals surface area contributed by atoms with E-state index in [1.165, 1.54) is 12.1 Å². The van der Waals surface area contributed by atoms with Gasteiger partial charge >= 0.3 is 5.97 Å².